The van der Waals surface area contributed by atoms with Crippen LogP contribution in [-0.4, -0.2) is 33.9 Å². The molecule has 0 spiro atoms. The van der Waals surface area contributed by atoms with E-state index in [9.17, 15) is 4.79 Å². The van der Waals surface area contributed by atoms with Crippen LogP contribution in [0.25, 0.3) is 0 Å². The Morgan fingerprint density at radius 2 is 2.18 bits per heavy atom. The molecule has 1 N–H and O–H groups in total. The smallest absolute Gasteiger partial charge is 0.221 e. The van der Waals surface area contributed by atoms with Gasteiger partial charge in [0.05, 0.1) is 6.07 Å². The van der Waals surface area contributed by atoms with Crippen LogP contribution in [0.2, 0.25) is 0 Å². The van der Waals surface area contributed by atoms with Crippen LogP contribution >= 0.6 is 22.6 Å². The zero-order valence-corrected chi connectivity index (χ0v) is 15.5. The largest absolute Gasteiger partial charge is 0.327 e. The van der Waals surface area contributed by atoms with Gasteiger partial charge in [0.25, 0.3) is 0 Å². The van der Waals surface area contributed by atoms with Crippen LogP contribution in [0.1, 0.15) is 39.5 Å². The number of carbonyl (C=O) groups excluding carboxylic acids is 1. The van der Waals surface area contributed by atoms with Crippen molar-refractivity contribution in [1.29, 1.82) is 5.26 Å². The van der Waals surface area contributed by atoms with Gasteiger partial charge >= 0.3 is 0 Å². The third kappa shape index (κ3) is 4.82. The summed E-state index contributed by atoms with van der Waals surface area (Å²) in [5.41, 5.74) is 0.971. The first-order chi connectivity index (χ1) is 10.3. The predicted molar refractivity (Wildman–Crippen MR) is 96.4 cm³/mol. The van der Waals surface area contributed by atoms with Gasteiger partial charge in [-0.05, 0) is 38.4 Å². The molecule has 1 fully saturated rings. The van der Waals surface area contributed by atoms with Crippen molar-refractivity contribution in [1.82, 2.24) is 10.2 Å². The SMILES string of the molecule is CC(=O)NC1=C[C@](C)(CN2CCC(I)(CC#N)CC2)CC=C1. The minimum Gasteiger partial charge on any atom is -0.327 e. The van der Waals surface area contributed by atoms with Crippen LogP contribution in [0, 0.1) is 16.7 Å². The summed E-state index contributed by atoms with van der Waals surface area (Å²) in [5, 5.41) is 11.8. The molecule has 1 saturated heterocycles. The zero-order valence-electron chi connectivity index (χ0n) is 13.4. The van der Waals surface area contributed by atoms with Crippen molar-refractivity contribution in [2.45, 2.75) is 43.0 Å². The average molecular weight is 413 g/mol. The summed E-state index contributed by atoms with van der Waals surface area (Å²) in [6, 6.07) is 2.32. The van der Waals surface area contributed by atoms with Crippen LogP contribution in [0.3, 0.4) is 0 Å². The number of likely N-dealkylation sites (tertiary alicyclic amines) is 1. The first kappa shape index (κ1) is 17.5. The lowest BCUT2D eigenvalue weighted by Crippen LogP contribution is -2.45. The standard InChI is InChI=1S/C17H24IN3O/c1-14(22)20-15-4-3-5-16(2,12-15)13-21-10-7-17(18,6-9-19)8-11-21/h3-4,12H,5-8,10-11,13H2,1-2H3,(H,20,22)/t16-/m1/s1. The quantitative estimate of drug-likeness (QED) is 0.569. The summed E-state index contributed by atoms with van der Waals surface area (Å²) in [4.78, 5) is 13.7. The molecule has 0 saturated carbocycles. The highest BCUT2D eigenvalue weighted by molar-refractivity contribution is 14.1. The van der Waals surface area contributed by atoms with Gasteiger partial charge in [-0.1, -0.05) is 41.7 Å². The molecule has 0 bridgehead atoms. The third-order valence-corrected chi connectivity index (χ3v) is 5.90. The lowest BCUT2D eigenvalue weighted by Gasteiger charge is -2.41. The van der Waals surface area contributed by atoms with Gasteiger partial charge in [-0.3, -0.25) is 4.79 Å². The fraction of sp³-hybridized carbons (Fsp3) is 0.647. The highest BCUT2D eigenvalue weighted by atomic mass is 127. The molecular formula is C17H24IN3O. The van der Waals surface area contributed by atoms with Gasteiger partial charge in [0.15, 0.2) is 0 Å². The molecule has 0 aromatic carbocycles. The molecular weight excluding hydrogens is 389 g/mol. The summed E-state index contributed by atoms with van der Waals surface area (Å²) < 4.78 is 0.160. The fourth-order valence-corrected chi connectivity index (χ4v) is 3.92. The summed E-state index contributed by atoms with van der Waals surface area (Å²) in [6.07, 6.45) is 10.1. The Morgan fingerprint density at radius 3 is 2.77 bits per heavy atom. The molecule has 5 heteroatoms. The van der Waals surface area contributed by atoms with E-state index in [1.807, 2.05) is 6.08 Å². The van der Waals surface area contributed by atoms with E-state index in [1.54, 1.807) is 6.92 Å². The number of amides is 1. The monoisotopic (exact) mass is 413 g/mol. The van der Waals surface area contributed by atoms with Gasteiger partial charge in [-0.15, -0.1) is 0 Å². The van der Waals surface area contributed by atoms with Gasteiger partial charge in [0, 0.05) is 34.4 Å². The Kier molecular flexibility index (Phi) is 5.67. The maximum absolute atomic E-state index is 11.2. The number of carbonyl (C=O) groups is 1. The van der Waals surface area contributed by atoms with Gasteiger partial charge in [0.2, 0.25) is 5.91 Å². The van der Waals surface area contributed by atoms with E-state index >= 15 is 0 Å². The normalized spacial score (nSPS) is 27.8. The first-order valence-corrected chi connectivity index (χ1v) is 8.87. The number of nitrogens with zero attached hydrogens (tertiary/aromatic N) is 2. The number of alkyl halides is 1. The zero-order chi connectivity index (χ0) is 16.2. The van der Waals surface area contributed by atoms with Crippen molar-refractivity contribution in [2.75, 3.05) is 19.6 Å². The number of allylic oxidation sites excluding steroid dienone is 2. The number of halogens is 1. The summed E-state index contributed by atoms with van der Waals surface area (Å²) >= 11 is 2.47. The summed E-state index contributed by atoms with van der Waals surface area (Å²) in [7, 11) is 0. The average Bonchev–Trinajstić information content (AvgIpc) is 2.41. The van der Waals surface area contributed by atoms with Crippen LogP contribution in [-0.2, 0) is 4.79 Å². The van der Waals surface area contributed by atoms with E-state index in [4.69, 9.17) is 5.26 Å². The summed E-state index contributed by atoms with van der Waals surface area (Å²) in [5.74, 6) is -0.0238. The third-order valence-electron chi connectivity index (χ3n) is 4.44. The Bertz CT molecular complexity index is 527. The molecule has 2 rings (SSSR count). The number of nitrogens with one attached hydrogen (secondary N) is 1. The molecule has 0 radical (unpaired) electrons. The minimum absolute atomic E-state index is 0.0238. The first-order valence-electron chi connectivity index (χ1n) is 7.79. The highest BCUT2D eigenvalue weighted by Gasteiger charge is 2.34. The number of hydrogen-bond donors (Lipinski definition) is 1. The maximum atomic E-state index is 11.2. The van der Waals surface area contributed by atoms with Gasteiger partial charge in [-0.25, -0.2) is 0 Å². The van der Waals surface area contributed by atoms with E-state index in [0.717, 1.165) is 44.6 Å². The van der Waals surface area contributed by atoms with E-state index in [1.165, 1.54) is 0 Å². The molecule has 22 heavy (non-hydrogen) atoms. The van der Waals surface area contributed by atoms with E-state index in [0.29, 0.717) is 6.42 Å². The van der Waals surface area contributed by atoms with Crippen molar-refractivity contribution in [3.05, 3.63) is 23.9 Å². The number of piperidine rings is 1. The van der Waals surface area contributed by atoms with Gasteiger partial charge in [-0.2, -0.15) is 5.26 Å². The van der Waals surface area contributed by atoms with Crippen molar-refractivity contribution in [3.63, 3.8) is 0 Å². The van der Waals surface area contributed by atoms with Crippen LogP contribution in [0.5, 0.6) is 0 Å². The molecule has 0 unspecified atom stereocenters. The summed E-state index contributed by atoms with van der Waals surface area (Å²) in [6.45, 7) is 6.89. The van der Waals surface area contributed by atoms with Gasteiger partial charge < -0.3 is 10.2 Å². The second-order valence-corrected chi connectivity index (χ2v) is 9.09. The second-order valence-electron chi connectivity index (χ2n) is 6.80. The van der Waals surface area contributed by atoms with Crippen LogP contribution in [0.15, 0.2) is 23.9 Å². The minimum atomic E-state index is -0.0238. The fourth-order valence-electron chi connectivity index (χ4n) is 3.27. The molecule has 0 aromatic rings. The van der Waals surface area contributed by atoms with Crippen molar-refractivity contribution in [3.8, 4) is 6.07 Å². The topological polar surface area (TPSA) is 56.1 Å². The molecule has 1 heterocycles. The molecule has 1 aliphatic carbocycles. The lowest BCUT2D eigenvalue weighted by atomic mass is 9.81. The Morgan fingerprint density at radius 1 is 1.50 bits per heavy atom. The molecule has 0 aromatic heterocycles. The maximum Gasteiger partial charge on any atom is 0.221 e. The molecule has 120 valence electrons. The molecule has 1 amide bonds. The molecule has 1 aliphatic heterocycles. The number of rotatable bonds is 4. The van der Waals surface area contributed by atoms with Crippen molar-refractivity contribution in [2.24, 2.45) is 5.41 Å². The highest BCUT2D eigenvalue weighted by Crippen LogP contribution is 2.37. The Balaban J connectivity index is 1.94. The molecule has 2 aliphatic rings. The van der Waals surface area contributed by atoms with Crippen molar-refractivity contribution < 1.29 is 4.79 Å². The van der Waals surface area contributed by atoms with E-state index in [2.05, 4.69) is 58.0 Å². The van der Waals surface area contributed by atoms with Gasteiger partial charge in [0.1, 0.15) is 0 Å². The predicted octanol–water partition coefficient (Wildman–Crippen LogP) is 3.16. The number of hydrogen-bond acceptors (Lipinski definition) is 3. The second kappa shape index (κ2) is 7.14. The van der Waals surface area contributed by atoms with E-state index in [-0.39, 0.29) is 14.7 Å². The van der Waals surface area contributed by atoms with Crippen molar-refractivity contribution >= 4 is 28.5 Å². The van der Waals surface area contributed by atoms with E-state index < -0.39 is 0 Å². The Hall–Kier alpha value is -0.870. The number of nitriles is 1. The van der Waals surface area contributed by atoms with Crippen LogP contribution < -0.4 is 5.32 Å². The molecule has 1 atom stereocenters. The lowest BCUT2D eigenvalue weighted by molar-refractivity contribution is -0.118. The van der Waals surface area contributed by atoms with Crippen LogP contribution in [0.4, 0.5) is 0 Å². The molecule has 4 nitrogen and oxygen atoms in total. The Labute approximate surface area is 146 Å².